The second-order valence-electron chi connectivity index (χ2n) is 10.3. The molecular weight excluding hydrogens is 562 g/mol. The fraction of sp³-hybridized carbons (Fsp3) is 0.206. The minimum Gasteiger partial charge on any atom is -0.504 e. The number of rotatable bonds is 12. The van der Waals surface area contributed by atoms with E-state index in [0.717, 1.165) is 11.1 Å². The number of carbonyl (C=O) groups excluding carboxylic acids is 1. The fourth-order valence-electron chi connectivity index (χ4n) is 5.05. The average molecular weight is 596 g/mol. The van der Waals surface area contributed by atoms with E-state index >= 15 is 0 Å². The summed E-state index contributed by atoms with van der Waals surface area (Å²) in [5.74, 6) is -1.23. The van der Waals surface area contributed by atoms with Crippen molar-refractivity contribution in [3.05, 3.63) is 124 Å². The summed E-state index contributed by atoms with van der Waals surface area (Å²) in [6.45, 7) is 0.662. The van der Waals surface area contributed by atoms with Crippen LogP contribution in [0.1, 0.15) is 34.6 Å². The Labute approximate surface area is 253 Å². The van der Waals surface area contributed by atoms with E-state index in [4.69, 9.17) is 9.47 Å². The van der Waals surface area contributed by atoms with Crippen LogP contribution in [-0.4, -0.2) is 50.9 Å². The lowest BCUT2D eigenvalue weighted by molar-refractivity contribution is -0.121. The van der Waals surface area contributed by atoms with Gasteiger partial charge in [-0.15, -0.1) is 0 Å². The summed E-state index contributed by atoms with van der Waals surface area (Å²) < 4.78 is 13.0. The zero-order valence-corrected chi connectivity index (χ0v) is 24.1. The number of carbonyl (C=O) groups is 1. The third-order valence-electron chi connectivity index (χ3n) is 7.34. The van der Waals surface area contributed by atoms with Crippen molar-refractivity contribution in [3.63, 3.8) is 0 Å². The van der Waals surface area contributed by atoms with Crippen molar-refractivity contribution in [2.75, 3.05) is 20.3 Å². The molecule has 10 nitrogen and oxygen atoms in total. The molecule has 0 saturated heterocycles. The van der Waals surface area contributed by atoms with Crippen molar-refractivity contribution in [1.29, 1.82) is 0 Å². The third-order valence-corrected chi connectivity index (χ3v) is 7.34. The molecular formula is C34H33N3O7. The van der Waals surface area contributed by atoms with E-state index in [1.165, 1.54) is 23.6 Å². The predicted octanol–water partition coefficient (Wildman–Crippen LogP) is 4.32. The molecule has 10 heteroatoms. The molecule has 0 fully saturated rings. The van der Waals surface area contributed by atoms with Crippen LogP contribution in [0.3, 0.4) is 0 Å². The summed E-state index contributed by atoms with van der Waals surface area (Å²) in [5, 5.41) is 33.1. The average Bonchev–Trinajstić information content (AvgIpc) is 3.03. The number of nitrogens with one attached hydrogen (secondary N) is 1. The monoisotopic (exact) mass is 595 g/mol. The number of aromatic hydroxyl groups is 3. The largest absolute Gasteiger partial charge is 0.504 e. The highest BCUT2D eigenvalue weighted by molar-refractivity contribution is 5.78. The summed E-state index contributed by atoms with van der Waals surface area (Å²) in [6.07, 6.45) is 2.49. The maximum Gasteiger partial charge on any atom is 0.265 e. The first kappa shape index (κ1) is 30.0. The van der Waals surface area contributed by atoms with Gasteiger partial charge < -0.3 is 30.1 Å². The summed E-state index contributed by atoms with van der Waals surface area (Å²) in [4.78, 5) is 31.1. The minimum absolute atomic E-state index is 0.0212. The van der Waals surface area contributed by atoms with Crippen molar-refractivity contribution in [2.45, 2.75) is 25.2 Å². The number of benzene rings is 3. The lowest BCUT2D eigenvalue weighted by Gasteiger charge is -2.20. The van der Waals surface area contributed by atoms with Crippen LogP contribution in [0.15, 0.2) is 95.9 Å². The SMILES string of the molecule is COc1cc(C(CC(=O)NCCc2ccc(O)c(O)c2)c2c(O)nc3ccccn3c2=O)ccc1OCCc1ccccc1. The molecule has 5 rings (SSSR count). The number of nitrogens with zero attached hydrogens (tertiary/aromatic N) is 2. The maximum absolute atomic E-state index is 13.6. The van der Waals surface area contributed by atoms with Crippen LogP contribution in [0.4, 0.5) is 0 Å². The summed E-state index contributed by atoms with van der Waals surface area (Å²) in [6, 6.07) is 24.6. The molecule has 0 radical (unpaired) electrons. The molecule has 2 aromatic heterocycles. The molecule has 226 valence electrons. The first-order valence-electron chi connectivity index (χ1n) is 14.2. The number of phenolic OH excluding ortho intramolecular Hbond substituents is 2. The number of aromatic nitrogens is 2. The molecule has 0 aliphatic carbocycles. The van der Waals surface area contributed by atoms with Crippen molar-refractivity contribution in [2.24, 2.45) is 0 Å². The molecule has 44 heavy (non-hydrogen) atoms. The topological polar surface area (TPSA) is 143 Å². The molecule has 4 N–H and O–H groups in total. The van der Waals surface area contributed by atoms with Gasteiger partial charge in [0.1, 0.15) is 5.65 Å². The van der Waals surface area contributed by atoms with Crippen LogP contribution in [0.2, 0.25) is 0 Å². The quantitative estimate of drug-likeness (QED) is 0.156. The molecule has 0 aliphatic rings. The highest BCUT2D eigenvalue weighted by Crippen LogP contribution is 2.36. The van der Waals surface area contributed by atoms with E-state index in [1.807, 2.05) is 30.3 Å². The van der Waals surface area contributed by atoms with Gasteiger partial charge in [0, 0.05) is 31.5 Å². The Bertz CT molecular complexity index is 1820. The van der Waals surface area contributed by atoms with Crippen LogP contribution >= 0.6 is 0 Å². The zero-order valence-electron chi connectivity index (χ0n) is 24.1. The minimum atomic E-state index is -0.864. The Morgan fingerprint density at radius 1 is 0.886 bits per heavy atom. The van der Waals surface area contributed by atoms with Gasteiger partial charge in [-0.1, -0.05) is 48.5 Å². The van der Waals surface area contributed by atoms with E-state index in [-0.39, 0.29) is 41.6 Å². The van der Waals surface area contributed by atoms with E-state index in [1.54, 1.807) is 48.7 Å². The van der Waals surface area contributed by atoms with Gasteiger partial charge in [-0.3, -0.25) is 14.0 Å². The summed E-state index contributed by atoms with van der Waals surface area (Å²) in [7, 11) is 1.51. The molecule has 0 bridgehead atoms. The van der Waals surface area contributed by atoms with Crippen molar-refractivity contribution in [1.82, 2.24) is 14.7 Å². The second-order valence-corrected chi connectivity index (χ2v) is 10.3. The highest BCUT2D eigenvalue weighted by Gasteiger charge is 2.27. The Balaban J connectivity index is 1.40. The van der Waals surface area contributed by atoms with Crippen LogP contribution in [0.5, 0.6) is 28.9 Å². The first-order chi connectivity index (χ1) is 21.3. The Morgan fingerprint density at radius 3 is 2.45 bits per heavy atom. The highest BCUT2D eigenvalue weighted by atomic mass is 16.5. The van der Waals surface area contributed by atoms with E-state index in [2.05, 4.69) is 10.3 Å². The zero-order chi connectivity index (χ0) is 31.1. The van der Waals surface area contributed by atoms with Gasteiger partial charge in [0.25, 0.3) is 5.56 Å². The second kappa shape index (κ2) is 13.6. The van der Waals surface area contributed by atoms with Crippen LogP contribution < -0.4 is 20.3 Å². The maximum atomic E-state index is 13.6. The molecule has 3 aromatic carbocycles. The molecule has 1 unspecified atom stereocenters. The number of amides is 1. The van der Waals surface area contributed by atoms with Crippen molar-refractivity contribution < 1.29 is 29.6 Å². The molecule has 1 atom stereocenters. The molecule has 0 aliphatic heterocycles. The van der Waals surface area contributed by atoms with Gasteiger partial charge in [-0.25, -0.2) is 0 Å². The van der Waals surface area contributed by atoms with Crippen LogP contribution in [-0.2, 0) is 17.6 Å². The molecule has 0 saturated carbocycles. The van der Waals surface area contributed by atoms with E-state index in [9.17, 15) is 24.9 Å². The number of phenols is 2. The smallest absolute Gasteiger partial charge is 0.265 e. The Kier molecular flexibility index (Phi) is 9.29. The van der Waals surface area contributed by atoms with Gasteiger partial charge in [-0.2, -0.15) is 4.98 Å². The Hall–Kier alpha value is -5.51. The number of hydrogen-bond acceptors (Lipinski definition) is 8. The lowest BCUT2D eigenvalue weighted by atomic mass is 9.88. The number of hydrogen-bond donors (Lipinski definition) is 4. The molecule has 0 spiro atoms. The predicted molar refractivity (Wildman–Crippen MR) is 165 cm³/mol. The van der Waals surface area contributed by atoms with Gasteiger partial charge in [0.05, 0.1) is 19.3 Å². The van der Waals surface area contributed by atoms with Crippen molar-refractivity contribution >= 4 is 11.6 Å². The van der Waals surface area contributed by atoms with Gasteiger partial charge in [0.2, 0.25) is 11.8 Å². The molecule has 1 amide bonds. The Morgan fingerprint density at radius 2 is 1.68 bits per heavy atom. The van der Waals surface area contributed by atoms with Gasteiger partial charge >= 0.3 is 0 Å². The van der Waals surface area contributed by atoms with Crippen LogP contribution in [0, 0.1) is 0 Å². The van der Waals surface area contributed by atoms with Gasteiger partial charge in [0.15, 0.2) is 23.0 Å². The summed E-state index contributed by atoms with van der Waals surface area (Å²) >= 11 is 0. The number of fused-ring (bicyclic) bond motifs is 1. The standard InChI is InChI=1S/C34H33N3O7/c1-43-29-20-24(11-13-28(29)44-18-15-22-7-3-2-4-8-22)25(32-33(41)36-30-9-5-6-17-37(30)34(32)42)21-31(40)35-16-14-23-10-12-26(38)27(39)19-23/h2-13,17,19-20,25,38-39,41H,14-16,18,21H2,1H3,(H,35,40). The first-order valence-corrected chi connectivity index (χ1v) is 14.2. The normalized spacial score (nSPS) is 11.7. The van der Waals surface area contributed by atoms with Crippen molar-refractivity contribution in [3.8, 4) is 28.9 Å². The fourth-order valence-corrected chi connectivity index (χ4v) is 5.05. The third kappa shape index (κ3) is 6.92. The van der Waals surface area contributed by atoms with Gasteiger partial charge in [-0.05, 0) is 59.5 Å². The number of methoxy groups -OCH3 is 1. The number of pyridine rings is 1. The van der Waals surface area contributed by atoms with E-state index in [0.29, 0.717) is 36.5 Å². The molecule has 5 aromatic rings. The number of ether oxygens (including phenoxy) is 2. The lowest BCUT2D eigenvalue weighted by Crippen LogP contribution is -2.30. The summed E-state index contributed by atoms with van der Waals surface area (Å²) in [5.41, 5.74) is 2.18. The van der Waals surface area contributed by atoms with E-state index < -0.39 is 17.4 Å². The van der Waals surface area contributed by atoms with Crippen LogP contribution in [0.25, 0.3) is 5.65 Å². The molecule has 2 heterocycles.